The smallest absolute Gasteiger partial charge is 0.253 e. The van der Waals surface area contributed by atoms with Crippen molar-refractivity contribution in [1.82, 2.24) is 14.3 Å². The molecule has 3 aromatic rings. The third-order valence-corrected chi connectivity index (χ3v) is 5.68. The van der Waals surface area contributed by atoms with E-state index in [1.807, 2.05) is 36.1 Å². The minimum Gasteiger partial charge on any atom is -0.343 e. The van der Waals surface area contributed by atoms with E-state index in [0.717, 1.165) is 40.7 Å². The van der Waals surface area contributed by atoms with Gasteiger partial charge in [0.15, 0.2) is 0 Å². The number of nitrogens with zero attached hydrogens (tertiary/aromatic N) is 4. The molecule has 1 aliphatic rings. The molecule has 4 rings (SSSR count). The van der Waals surface area contributed by atoms with Crippen LogP contribution in [-0.2, 0) is 6.42 Å². The molecule has 1 aromatic heterocycles. The highest BCUT2D eigenvalue weighted by Crippen LogP contribution is 2.21. The van der Waals surface area contributed by atoms with Gasteiger partial charge in [0.2, 0.25) is 5.13 Å². The highest BCUT2D eigenvalue weighted by molar-refractivity contribution is 7.09. The standard InChI is InChI=1S/C21H21FN4OS/c1-15-2-6-17(7-3-15)20(27)25-10-12-26(13-11-25)21-23-19(24-28-21)14-16-4-8-18(22)9-5-16/h2-9H,10-14H2,1H3. The summed E-state index contributed by atoms with van der Waals surface area (Å²) >= 11 is 1.37. The van der Waals surface area contributed by atoms with E-state index in [9.17, 15) is 9.18 Å². The van der Waals surface area contributed by atoms with Gasteiger partial charge in [-0.25, -0.2) is 9.37 Å². The number of halogens is 1. The van der Waals surface area contributed by atoms with E-state index in [2.05, 4.69) is 14.3 Å². The summed E-state index contributed by atoms with van der Waals surface area (Å²) in [6.07, 6.45) is 0.586. The number of rotatable bonds is 4. The lowest BCUT2D eigenvalue weighted by atomic mass is 10.1. The Morgan fingerprint density at radius 2 is 1.71 bits per heavy atom. The maximum absolute atomic E-state index is 13.0. The number of benzene rings is 2. The summed E-state index contributed by atoms with van der Waals surface area (Å²) in [5.74, 6) is 0.576. The number of aromatic nitrogens is 2. The van der Waals surface area contributed by atoms with Crippen LogP contribution < -0.4 is 4.90 Å². The van der Waals surface area contributed by atoms with Crippen molar-refractivity contribution in [2.45, 2.75) is 13.3 Å². The largest absolute Gasteiger partial charge is 0.343 e. The summed E-state index contributed by atoms with van der Waals surface area (Å²) in [7, 11) is 0. The van der Waals surface area contributed by atoms with Gasteiger partial charge in [-0.2, -0.15) is 4.37 Å². The van der Waals surface area contributed by atoms with Crippen molar-refractivity contribution in [2.24, 2.45) is 0 Å². The van der Waals surface area contributed by atoms with E-state index in [4.69, 9.17) is 0 Å². The fourth-order valence-electron chi connectivity index (χ4n) is 3.21. The van der Waals surface area contributed by atoms with Gasteiger partial charge in [0, 0.05) is 49.7 Å². The van der Waals surface area contributed by atoms with Crippen molar-refractivity contribution >= 4 is 22.6 Å². The number of aryl methyl sites for hydroxylation is 1. The predicted octanol–water partition coefficient (Wildman–Crippen LogP) is 3.54. The van der Waals surface area contributed by atoms with Crippen LogP contribution in [0.25, 0.3) is 0 Å². The van der Waals surface area contributed by atoms with Crippen LogP contribution >= 0.6 is 11.5 Å². The van der Waals surface area contributed by atoms with Crippen molar-refractivity contribution < 1.29 is 9.18 Å². The molecule has 2 aromatic carbocycles. The molecule has 28 heavy (non-hydrogen) atoms. The van der Waals surface area contributed by atoms with Gasteiger partial charge in [-0.05, 0) is 36.8 Å². The van der Waals surface area contributed by atoms with Gasteiger partial charge in [0.1, 0.15) is 11.6 Å². The van der Waals surface area contributed by atoms with Gasteiger partial charge in [-0.3, -0.25) is 4.79 Å². The lowest BCUT2D eigenvalue weighted by Gasteiger charge is -2.34. The van der Waals surface area contributed by atoms with Crippen molar-refractivity contribution in [2.75, 3.05) is 31.1 Å². The number of anilines is 1. The Labute approximate surface area is 167 Å². The van der Waals surface area contributed by atoms with E-state index in [1.165, 1.54) is 23.7 Å². The zero-order chi connectivity index (χ0) is 19.5. The molecule has 1 amide bonds. The topological polar surface area (TPSA) is 49.3 Å². The van der Waals surface area contributed by atoms with Gasteiger partial charge in [-0.15, -0.1) is 0 Å². The zero-order valence-corrected chi connectivity index (χ0v) is 16.5. The van der Waals surface area contributed by atoms with Crippen LogP contribution in [0.4, 0.5) is 9.52 Å². The Morgan fingerprint density at radius 1 is 1.04 bits per heavy atom. The third-order valence-electron chi connectivity index (χ3n) is 4.87. The summed E-state index contributed by atoms with van der Waals surface area (Å²) in [4.78, 5) is 21.3. The number of amides is 1. The van der Waals surface area contributed by atoms with E-state index in [0.29, 0.717) is 19.5 Å². The van der Waals surface area contributed by atoms with Gasteiger partial charge in [0.25, 0.3) is 5.91 Å². The molecule has 144 valence electrons. The molecule has 1 aliphatic heterocycles. The quantitative estimate of drug-likeness (QED) is 0.677. The Morgan fingerprint density at radius 3 is 2.39 bits per heavy atom. The highest BCUT2D eigenvalue weighted by Gasteiger charge is 2.24. The van der Waals surface area contributed by atoms with Crippen LogP contribution in [0.3, 0.4) is 0 Å². The van der Waals surface area contributed by atoms with Crippen molar-refractivity contribution in [3.63, 3.8) is 0 Å². The molecule has 0 radical (unpaired) electrons. The molecule has 0 spiro atoms. The van der Waals surface area contributed by atoms with Crippen molar-refractivity contribution in [1.29, 1.82) is 0 Å². The fraction of sp³-hybridized carbons (Fsp3) is 0.286. The predicted molar refractivity (Wildman–Crippen MR) is 108 cm³/mol. The Bertz CT molecular complexity index is 947. The second kappa shape index (κ2) is 8.06. The van der Waals surface area contributed by atoms with Crippen LogP contribution in [0.2, 0.25) is 0 Å². The van der Waals surface area contributed by atoms with E-state index < -0.39 is 0 Å². The lowest BCUT2D eigenvalue weighted by molar-refractivity contribution is 0.0746. The number of carbonyl (C=O) groups is 1. The molecule has 0 N–H and O–H groups in total. The first-order valence-electron chi connectivity index (χ1n) is 9.26. The SMILES string of the molecule is Cc1ccc(C(=O)N2CCN(c3nc(Cc4ccc(F)cc4)ns3)CC2)cc1. The molecule has 7 heteroatoms. The highest BCUT2D eigenvalue weighted by atomic mass is 32.1. The number of hydrogen-bond acceptors (Lipinski definition) is 5. The van der Waals surface area contributed by atoms with E-state index in [-0.39, 0.29) is 11.7 Å². The maximum atomic E-state index is 13.0. The van der Waals surface area contributed by atoms with Crippen molar-refractivity contribution in [3.8, 4) is 0 Å². The molecule has 0 bridgehead atoms. The average Bonchev–Trinajstić information content (AvgIpc) is 3.18. The fourth-order valence-corrected chi connectivity index (χ4v) is 3.95. The van der Waals surface area contributed by atoms with Crippen LogP contribution in [-0.4, -0.2) is 46.3 Å². The summed E-state index contributed by atoms with van der Waals surface area (Å²) < 4.78 is 17.5. The van der Waals surface area contributed by atoms with Gasteiger partial charge >= 0.3 is 0 Å². The molecular formula is C21H21FN4OS. The Kier molecular flexibility index (Phi) is 5.34. The maximum Gasteiger partial charge on any atom is 0.253 e. The number of carbonyl (C=O) groups excluding carboxylic acids is 1. The summed E-state index contributed by atoms with van der Waals surface area (Å²) in [6, 6.07) is 14.1. The van der Waals surface area contributed by atoms with Gasteiger partial charge in [0.05, 0.1) is 0 Å². The van der Waals surface area contributed by atoms with Crippen LogP contribution in [0.15, 0.2) is 48.5 Å². The van der Waals surface area contributed by atoms with Crippen molar-refractivity contribution in [3.05, 3.63) is 76.9 Å². The van der Waals surface area contributed by atoms with Crippen LogP contribution in [0.1, 0.15) is 27.3 Å². The summed E-state index contributed by atoms with van der Waals surface area (Å²) in [6.45, 7) is 4.82. The molecule has 0 atom stereocenters. The minimum atomic E-state index is -0.242. The van der Waals surface area contributed by atoms with Gasteiger partial charge < -0.3 is 9.80 Å². The number of piperazine rings is 1. The lowest BCUT2D eigenvalue weighted by Crippen LogP contribution is -2.48. The average molecular weight is 396 g/mol. The summed E-state index contributed by atoms with van der Waals surface area (Å²) in [5, 5.41) is 0.875. The van der Waals surface area contributed by atoms with Gasteiger partial charge in [-0.1, -0.05) is 29.8 Å². The summed E-state index contributed by atoms with van der Waals surface area (Å²) in [5.41, 5.74) is 2.87. The molecule has 2 heterocycles. The molecule has 0 saturated carbocycles. The van der Waals surface area contributed by atoms with E-state index in [1.54, 1.807) is 12.1 Å². The first-order chi connectivity index (χ1) is 13.6. The second-order valence-corrected chi connectivity index (χ2v) is 7.67. The second-order valence-electron chi connectivity index (χ2n) is 6.94. The van der Waals surface area contributed by atoms with E-state index >= 15 is 0 Å². The molecule has 5 nitrogen and oxygen atoms in total. The Hall–Kier alpha value is -2.80. The molecule has 0 unspecified atom stereocenters. The number of hydrogen-bond donors (Lipinski definition) is 0. The third kappa shape index (κ3) is 4.20. The molecule has 0 aliphatic carbocycles. The van der Waals surface area contributed by atoms with Crippen LogP contribution in [0, 0.1) is 12.7 Å². The molecular weight excluding hydrogens is 375 g/mol. The van der Waals surface area contributed by atoms with Crippen LogP contribution in [0.5, 0.6) is 0 Å². The Balaban J connectivity index is 1.35. The first-order valence-corrected chi connectivity index (χ1v) is 10.0. The monoisotopic (exact) mass is 396 g/mol. The molecule has 1 saturated heterocycles. The minimum absolute atomic E-state index is 0.0777. The molecule has 1 fully saturated rings. The zero-order valence-electron chi connectivity index (χ0n) is 15.6. The first kappa shape index (κ1) is 18.6. The normalized spacial score (nSPS) is 14.4.